The molecule has 0 saturated carbocycles. The Bertz CT molecular complexity index is 459. The van der Waals surface area contributed by atoms with Gasteiger partial charge in [-0.1, -0.05) is 18.2 Å². The Kier molecular flexibility index (Phi) is 3.03. The van der Waals surface area contributed by atoms with Gasteiger partial charge in [-0.15, -0.1) is 0 Å². The van der Waals surface area contributed by atoms with Crippen molar-refractivity contribution in [3.63, 3.8) is 0 Å². The van der Waals surface area contributed by atoms with Crippen molar-refractivity contribution in [2.45, 2.75) is 31.2 Å². The number of rotatable bonds is 2. The molecule has 6 heteroatoms. The monoisotopic (exact) mass is 261 g/mol. The van der Waals surface area contributed by atoms with Gasteiger partial charge in [0, 0.05) is 18.0 Å². The summed E-state index contributed by atoms with van der Waals surface area (Å²) in [5.41, 5.74) is 2.62. The first-order chi connectivity index (χ1) is 8.28. The van der Waals surface area contributed by atoms with Gasteiger partial charge in [-0.2, -0.15) is 13.2 Å². The van der Waals surface area contributed by atoms with Crippen molar-refractivity contribution in [1.29, 1.82) is 0 Å². The lowest BCUT2D eigenvalue weighted by molar-refractivity contribution is -0.273. The Labute approximate surface area is 102 Å². The van der Waals surface area contributed by atoms with Crippen LogP contribution in [-0.4, -0.2) is 23.9 Å². The maximum absolute atomic E-state index is 13.1. The minimum absolute atomic E-state index is 0.106. The van der Waals surface area contributed by atoms with Crippen molar-refractivity contribution in [1.82, 2.24) is 0 Å². The zero-order valence-electron chi connectivity index (χ0n) is 9.79. The molecule has 1 heterocycles. The molecule has 0 radical (unpaired) electrons. The van der Waals surface area contributed by atoms with Gasteiger partial charge in [-0.05, 0) is 12.5 Å². The fourth-order valence-electron chi connectivity index (χ4n) is 2.17. The van der Waals surface area contributed by atoms with E-state index in [9.17, 15) is 18.3 Å². The Morgan fingerprint density at radius 1 is 1.39 bits per heavy atom. The fraction of sp³-hybridized carbons (Fsp3) is 0.500. The Morgan fingerprint density at radius 3 is 2.61 bits per heavy atom. The van der Waals surface area contributed by atoms with Crippen LogP contribution < -0.4 is 10.5 Å². The molecular weight excluding hydrogens is 247 g/mol. The van der Waals surface area contributed by atoms with Gasteiger partial charge >= 0.3 is 6.18 Å². The summed E-state index contributed by atoms with van der Waals surface area (Å²) in [6.45, 7) is 1.45. The second-order valence-corrected chi connectivity index (χ2v) is 4.45. The lowest BCUT2D eigenvalue weighted by Crippen LogP contribution is -2.54. The molecule has 0 saturated heterocycles. The number of hydrogen-bond donors (Lipinski definition) is 2. The van der Waals surface area contributed by atoms with Crippen LogP contribution in [0.1, 0.15) is 18.1 Å². The summed E-state index contributed by atoms with van der Waals surface area (Å²) < 4.78 is 44.6. The first kappa shape index (κ1) is 13.2. The summed E-state index contributed by atoms with van der Waals surface area (Å²) in [4.78, 5) is 0. The highest BCUT2D eigenvalue weighted by molar-refractivity contribution is 5.48. The van der Waals surface area contributed by atoms with Crippen molar-refractivity contribution in [2.75, 3.05) is 6.61 Å². The molecule has 2 atom stereocenters. The second kappa shape index (κ2) is 4.13. The molecule has 100 valence electrons. The number of benzene rings is 1. The minimum Gasteiger partial charge on any atom is -0.493 e. The van der Waals surface area contributed by atoms with E-state index in [1.54, 1.807) is 6.07 Å². The Morgan fingerprint density at radius 2 is 2.06 bits per heavy atom. The smallest absolute Gasteiger partial charge is 0.423 e. The number of nitrogens with two attached hydrogens (primary N) is 1. The molecule has 1 aliphatic rings. The van der Waals surface area contributed by atoms with E-state index < -0.39 is 17.8 Å². The van der Waals surface area contributed by atoms with Crippen LogP contribution in [-0.2, 0) is 12.0 Å². The SMILES string of the molecule is CC(N)C(O)(c1cccc2c1OCC2)C(F)(F)F. The van der Waals surface area contributed by atoms with E-state index in [1.165, 1.54) is 12.1 Å². The maximum atomic E-state index is 13.1. The summed E-state index contributed by atoms with van der Waals surface area (Å²) in [7, 11) is 0. The summed E-state index contributed by atoms with van der Waals surface area (Å²) in [5, 5.41) is 10.0. The molecule has 2 unspecified atom stereocenters. The number of halogens is 3. The van der Waals surface area contributed by atoms with Gasteiger partial charge in [0.25, 0.3) is 0 Å². The molecule has 1 aromatic rings. The van der Waals surface area contributed by atoms with Gasteiger partial charge in [0.05, 0.1) is 6.61 Å². The summed E-state index contributed by atoms with van der Waals surface area (Å²) in [5.74, 6) is 0.106. The van der Waals surface area contributed by atoms with Crippen LogP contribution in [0.2, 0.25) is 0 Å². The predicted molar refractivity (Wildman–Crippen MR) is 59.2 cm³/mol. The molecule has 0 aliphatic carbocycles. The first-order valence-corrected chi connectivity index (χ1v) is 5.58. The number of fused-ring (bicyclic) bond motifs is 1. The van der Waals surface area contributed by atoms with Crippen LogP contribution in [0, 0.1) is 0 Å². The highest BCUT2D eigenvalue weighted by atomic mass is 19.4. The maximum Gasteiger partial charge on any atom is 0.423 e. The third-order valence-electron chi connectivity index (χ3n) is 3.22. The van der Waals surface area contributed by atoms with E-state index in [-0.39, 0.29) is 11.3 Å². The zero-order chi connectivity index (χ0) is 13.6. The predicted octanol–water partition coefficient (Wildman–Crippen LogP) is 1.72. The average Bonchev–Trinajstić information content (AvgIpc) is 2.73. The molecular formula is C12H14F3NO2. The van der Waals surface area contributed by atoms with E-state index in [2.05, 4.69) is 0 Å². The van der Waals surface area contributed by atoms with Crippen molar-refractivity contribution in [3.05, 3.63) is 29.3 Å². The van der Waals surface area contributed by atoms with Crippen LogP contribution in [0.15, 0.2) is 18.2 Å². The molecule has 1 aliphatic heterocycles. The van der Waals surface area contributed by atoms with Crippen LogP contribution in [0.3, 0.4) is 0 Å². The van der Waals surface area contributed by atoms with E-state index in [0.29, 0.717) is 18.6 Å². The van der Waals surface area contributed by atoms with Gasteiger partial charge in [-0.25, -0.2) is 0 Å². The van der Waals surface area contributed by atoms with E-state index in [0.717, 1.165) is 6.92 Å². The molecule has 0 bridgehead atoms. The van der Waals surface area contributed by atoms with Crippen molar-refractivity contribution in [3.8, 4) is 5.75 Å². The third-order valence-corrected chi connectivity index (χ3v) is 3.22. The average molecular weight is 261 g/mol. The van der Waals surface area contributed by atoms with Gasteiger partial charge in [0.15, 0.2) is 0 Å². The van der Waals surface area contributed by atoms with E-state index in [1.807, 2.05) is 0 Å². The molecule has 1 aromatic carbocycles. The molecule has 2 rings (SSSR count). The standard InChI is InChI=1S/C12H14F3NO2/c1-7(16)11(17,12(13,14)15)9-4-2-3-8-5-6-18-10(8)9/h2-4,7,17H,5-6,16H2,1H3. The largest absolute Gasteiger partial charge is 0.493 e. The molecule has 0 spiro atoms. The minimum atomic E-state index is -4.86. The molecule has 0 aromatic heterocycles. The number of para-hydroxylation sites is 1. The lowest BCUT2D eigenvalue weighted by atomic mass is 9.85. The number of aliphatic hydroxyl groups is 1. The van der Waals surface area contributed by atoms with Crippen molar-refractivity contribution < 1.29 is 23.0 Å². The van der Waals surface area contributed by atoms with E-state index in [4.69, 9.17) is 10.5 Å². The highest BCUT2D eigenvalue weighted by Gasteiger charge is 2.59. The highest BCUT2D eigenvalue weighted by Crippen LogP contribution is 2.46. The van der Waals surface area contributed by atoms with Crippen LogP contribution in [0.4, 0.5) is 13.2 Å². The van der Waals surface area contributed by atoms with Crippen LogP contribution in [0.5, 0.6) is 5.75 Å². The second-order valence-electron chi connectivity index (χ2n) is 4.45. The zero-order valence-corrected chi connectivity index (χ0v) is 9.79. The van der Waals surface area contributed by atoms with Crippen molar-refractivity contribution >= 4 is 0 Å². The van der Waals surface area contributed by atoms with E-state index >= 15 is 0 Å². The number of hydrogen-bond acceptors (Lipinski definition) is 3. The van der Waals surface area contributed by atoms with Gasteiger partial charge < -0.3 is 15.6 Å². The Balaban J connectivity index is 2.62. The topological polar surface area (TPSA) is 55.5 Å². The lowest BCUT2D eigenvalue weighted by Gasteiger charge is -2.35. The molecule has 3 N–H and O–H groups in total. The van der Waals surface area contributed by atoms with Gasteiger partial charge in [0.1, 0.15) is 5.75 Å². The Hall–Kier alpha value is -1.27. The third kappa shape index (κ3) is 1.76. The normalized spacial score (nSPS) is 19.9. The molecule has 3 nitrogen and oxygen atoms in total. The van der Waals surface area contributed by atoms with Crippen molar-refractivity contribution in [2.24, 2.45) is 5.73 Å². The summed E-state index contributed by atoms with van der Waals surface area (Å²) >= 11 is 0. The quantitative estimate of drug-likeness (QED) is 0.852. The summed E-state index contributed by atoms with van der Waals surface area (Å²) in [6, 6.07) is 2.88. The van der Waals surface area contributed by atoms with Crippen LogP contribution >= 0.6 is 0 Å². The molecule has 0 amide bonds. The first-order valence-electron chi connectivity index (χ1n) is 5.58. The number of alkyl halides is 3. The molecule has 0 fully saturated rings. The van der Waals surface area contributed by atoms with Gasteiger partial charge in [-0.3, -0.25) is 0 Å². The number of ether oxygens (including phenoxy) is 1. The summed E-state index contributed by atoms with van der Waals surface area (Å²) in [6.07, 6.45) is -4.32. The van der Waals surface area contributed by atoms with Crippen LogP contribution in [0.25, 0.3) is 0 Å². The van der Waals surface area contributed by atoms with Gasteiger partial charge in [0.2, 0.25) is 5.60 Å². The molecule has 18 heavy (non-hydrogen) atoms. The fourth-order valence-corrected chi connectivity index (χ4v) is 2.17.